The van der Waals surface area contributed by atoms with E-state index in [4.69, 9.17) is 11.6 Å². The monoisotopic (exact) mass is 349 g/mol. The first-order chi connectivity index (χ1) is 10.9. The maximum Gasteiger partial charge on any atom is 0.151 e. The molecule has 0 spiro atoms. The summed E-state index contributed by atoms with van der Waals surface area (Å²) in [6.45, 7) is 0.543. The number of imidazole rings is 1. The van der Waals surface area contributed by atoms with Gasteiger partial charge in [-0.3, -0.25) is 0 Å². The molecule has 1 aromatic carbocycles. The van der Waals surface area contributed by atoms with Gasteiger partial charge < -0.3 is 9.72 Å². The first kappa shape index (κ1) is 15.8. The molecule has 23 heavy (non-hydrogen) atoms. The Bertz CT molecular complexity index is 918. The molecule has 0 aliphatic carbocycles. The Balaban J connectivity index is 1.76. The molecule has 0 bridgehead atoms. The Morgan fingerprint density at radius 2 is 2.09 bits per heavy atom. The maximum absolute atomic E-state index is 11.5. The zero-order valence-corrected chi connectivity index (χ0v) is 14.1. The number of pyridine rings is 1. The third kappa shape index (κ3) is 4.03. The number of halogens is 1. The van der Waals surface area contributed by atoms with Crippen LogP contribution in [0.1, 0.15) is 11.3 Å². The molecule has 0 fully saturated rings. The Morgan fingerprint density at radius 3 is 2.83 bits per heavy atom. The van der Waals surface area contributed by atoms with Crippen LogP contribution in [0.25, 0.3) is 5.65 Å². The van der Waals surface area contributed by atoms with Crippen molar-refractivity contribution in [1.82, 2.24) is 9.38 Å². The van der Waals surface area contributed by atoms with E-state index < -0.39 is 9.84 Å². The lowest BCUT2D eigenvalue weighted by Crippen LogP contribution is -2.04. The number of hydrogen-bond donors (Lipinski definition) is 1. The van der Waals surface area contributed by atoms with Gasteiger partial charge in [-0.2, -0.15) is 0 Å². The van der Waals surface area contributed by atoms with E-state index in [-0.39, 0.29) is 5.75 Å². The number of benzene rings is 1. The van der Waals surface area contributed by atoms with Crippen LogP contribution < -0.4 is 5.32 Å². The average molecular weight is 350 g/mol. The Kier molecular flexibility index (Phi) is 4.28. The number of hydrogen-bond acceptors (Lipinski definition) is 4. The summed E-state index contributed by atoms with van der Waals surface area (Å²) in [7, 11) is -3.13. The van der Waals surface area contributed by atoms with E-state index in [0.717, 1.165) is 17.0 Å². The zero-order valence-electron chi connectivity index (χ0n) is 12.5. The molecule has 0 aliphatic heterocycles. The number of aromatic nitrogens is 2. The molecule has 0 amide bonds. The van der Waals surface area contributed by atoms with E-state index in [0.29, 0.717) is 17.1 Å². The SMILES string of the molecule is CS(=O)(=O)Cc1cc(NCc2cn3ccccc3n2)ccc1Cl. The Morgan fingerprint density at radius 1 is 1.26 bits per heavy atom. The first-order valence-corrected chi connectivity index (χ1v) is 9.47. The second-order valence-electron chi connectivity index (χ2n) is 5.43. The highest BCUT2D eigenvalue weighted by Gasteiger charge is 2.09. The predicted molar refractivity (Wildman–Crippen MR) is 92.5 cm³/mol. The third-order valence-electron chi connectivity index (χ3n) is 3.35. The van der Waals surface area contributed by atoms with Crippen LogP contribution in [-0.2, 0) is 22.1 Å². The number of rotatable bonds is 5. The molecular formula is C16H16ClN3O2S. The van der Waals surface area contributed by atoms with Crippen LogP contribution in [0.15, 0.2) is 48.8 Å². The molecule has 3 rings (SSSR count). The number of nitrogens with zero attached hydrogens (tertiary/aromatic N) is 2. The van der Waals surface area contributed by atoms with E-state index in [1.165, 1.54) is 6.26 Å². The summed E-state index contributed by atoms with van der Waals surface area (Å²) in [5.41, 5.74) is 3.19. The molecule has 0 radical (unpaired) electrons. The molecular weight excluding hydrogens is 334 g/mol. The molecule has 0 aliphatic rings. The van der Waals surface area contributed by atoms with Crippen LogP contribution >= 0.6 is 11.6 Å². The van der Waals surface area contributed by atoms with Crippen LogP contribution in [0.2, 0.25) is 5.02 Å². The Labute approximate surface area is 139 Å². The minimum atomic E-state index is -3.13. The van der Waals surface area contributed by atoms with Gasteiger partial charge in [0.2, 0.25) is 0 Å². The normalized spacial score (nSPS) is 11.7. The van der Waals surface area contributed by atoms with E-state index in [2.05, 4.69) is 10.3 Å². The van der Waals surface area contributed by atoms with Gasteiger partial charge >= 0.3 is 0 Å². The van der Waals surface area contributed by atoms with Crippen molar-refractivity contribution in [3.8, 4) is 0 Å². The van der Waals surface area contributed by atoms with Crippen LogP contribution in [0, 0.1) is 0 Å². The zero-order chi connectivity index (χ0) is 16.4. The maximum atomic E-state index is 11.5. The van der Waals surface area contributed by atoms with Crippen molar-refractivity contribution < 1.29 is 8.42 Å². The first-order valence-electron chi connectivity index (χ1n) is 7.03. The van der Waals surface area contributed by atoms with Crippen molar-refractivity contribution >= 4 is 32.8 Å². The molecule has 7 heteroatoms. The van der Waals surface area contributed by atoms with Crippen LogP contribution in [-0.4, -0.2) is 24.1 Å². The van der Waals surface area contributed by atoms with E-state index in [1.54, 1.807) is 12.1 Å². The highest BCUT2D eigenvalue weighted by molar-refractivity contribution is 7.89. The van der Waals surface area contributed by atoms with Gasteiger partial charge in [0.25, 0.3) is 0 Å². The lowest BCUT2D eigenvalue weighted by atomic mass is 10.2. The topological polar surface area (TPSA) is 63.5 Å². The molecule has 0 unspecified atom stereocenters. The standard InChI is InChI=1S/C16H16ClN3O2S/c1-23(21,22)11-12-8-13(5-6-15(12)17)18-9-14-10-20-7-3-2-4-16(20)19-14/h2-8,10,18H,9,11H2,1H3. The van der Waals surface area contributed by atoms with Crippen molar-refractivity contribution in [2.24, 2.45) is 0 Å². The van der Waals surface area contributed by atoms with Crippen molar-refractivity contribution in [3.63, 3.8) is 0 Å². The van der Waals surface area contributed by atoms with Crippen molar-refractivity contribution in [2.45, 2.75) is 12.3 Å². The quantitative estimate of drug-likeness (QED) is 0.768. The summed E-state index contributed by atoms with van der Waals surface area (Å²) in [4.78, 5) is 4.51. The smallest absolute Gasteiger partial charge is 0.151 e. The van der Waals surface area contributed by atoms with Crippen molar-refractivity contribution in [1.29, 1.82) is 0 Å². The lowest BCUT2D eigenvalue weighted by molar-refractivity contribution is 0.601. The largest absolute Gasteiger partial charge is 0.379 e. The van der Waals surface area contributed by atoms with Crippen molar-refractivity contribution in [2.75, 3.05) is 11.6 Å². The van der Waals surface area contributed by atoms with Crippen LogP contribution in [0.3, 0.4) is 0 Å². The van der Waals surface area contributed by atoms with Crippen LogP contribution in [0.5, 0.6) is 0 Å². The summed E-state index contributed by atoms with van der Waals surface area (Å²) in [6.07, 6.45) is 5.09. The van der Waals surface area contributed by atoms with Crippen molar-refractivity contribution in [3.05, 3.63) is 65.1 Å². The number of fused-ring (bicyclic) bond motifs is 1. The number of anilines is 1. The molecule has 2 heterocycles. The Hall–Kier alpha value is -2.05. The molecule has 0 saturated heterocycles. The molecule has 0 saturated carbocycles. The average Bonchev–Trinajstić information content (AvgIpc) is 2.89. The highest BCUT2D eigenvalue weighted by Crippen LogP contribution is 2.23. The second-order valence-corrected chi connectivity index (χ2v) is 7.98. The third-order valence-corrected chi connectivity index (χ3v) is 4.56. The number of nitrogens with one attached hydrogen (secondary N) is 1. The van der Waals surface area contributed by atoms with Gasteiger partial charge in [-0.05, 0) is 35.9 Å². The fourth-order valence-corrected chi connectivity index (χ4v) is 3.41. The van der Waals surface area contributed by atoms with Gasteiger partial charge in [-0.15, -0.1) is 0 Å². The molecule has 0 atom stereocenters. The number of sulfone groups is 1. The fourth-order valence-electron chi connectivity index (χ4n) is 2.34. The van der Waals surface area contributed by atoms with Gasteiger partial charge in [0.15, 0.2) is 9.84 Å². The lowest BCUT2D eigenvalue weighted by Gasteiger charge is -2.08. The molecule has 1 N–H and O–H groups in total. The van der Waals surface area contributed by atoms with Gasteiger partial charge in [-0.1, -0.05) is 17.7 Å². The molecule has 2 aromatic heterocycles. The summed E-state index contributed by atoms with van der Waals surface area (Å²) >= 11 is 6.06. The molecule has 120 valence electrons. The van der Waals surface area contributed by atoms with E-state index in [1.807, 2.05) is 41.1 Å². The fraction of sp³-hybridized carbons (Fsp3) is 0.188. The van der Waals surface area contributed by atoms with Gasteiger partial charge in [-0.25, -0.2) is 13.4 Å². The second kappa shape index (κ2) is 6.22. The molecule has 3 aromatic rings. The minimum absolute atomic E-state index is 0.0737. The van der Waals surface area contributed by atoms with E-state index in [9.17, 15) is 8.42 Å². The van der Waals surface area contributed by atoms with Gasteiger partial charge in [0.05, 0.1) is 18.0 Å². The highest BCUT2D eigenvalue weighted by atomic mass is 35.5. The summed E-state index contributed by atoms with van der Waals surface area (Å²) < 4.78 is 24.9. The summed E-state index contributed by atoms with van der Waals surface area (Å²) in [6, 6.07) is 11.1. The predicted octanol–water partition coefficient (Wildman–Crippen LogP) is 3.14. The molecule has 5 nitrogen and oxygen atoms in total. The van der Waals surface area contributed by atoms with Gasteiger partial charge in [0, 0.05) is 29.4 Å². The van der Waals surface area contributed by atoms with Gasteiger partial charge in [0.1, 0.15) is 5.65 Å². The summed E-state index contributed by atoms with van der Waals surface area (Å²) in [5.74, 6) is -0.0737. The van der Waals surface area contributed by atoms with E-state index >= 15 is 0 Å². The summed E-state index contributed by atoms with van der Waals surface area (Å²) in [5, 5.41) is 3.70. The van der Waals surface area contributed by atoms with Crippen LogP contribution in [0.4, 0.5) is 5.69 Å². The minimum Gasteiger partial charge on any atom is -0.379 e.